The van der Waals surface area contributed by atoms with Gasteiger partial charge in [0.2, 0.25) is 5.88 Å². The lowest BCUT2D eigenvalue weighted by Crippen LogP contribution is -2.39. The van der Waals surface area contributed by atoms with E-state index >= 15 is 0 Å². The lowest BCUT2D eigenvalue weighted by molar-refractivity contribution is -0.128. The summed E-state index contributed by atoms with van der Waals surface area (Å²) in [6.07, 6.45) is 0.407. The zero-order chi connectivity index (χ0) is 18.9. The van der Waals surface area contributed by atoms with E-state index in [1.54, 1.807) is 7.11 Å². The molecule has 140 valence electrons. The van der Waals surface area contributed by atoms with Crippen molar-refractivity contribution in [2.75, 3.05) is 20.3 Å². The molecule has 2 rings (SSSR count). The van der Waals surface area contributed by atoms with E-state index in [1.807, 2.05) is 6.92 Å². The molecule has 0 spiro atoms. The summed E-state index contributed by atoms with van der Waals surface area (Å²) < 4.78 is 24.7. The second kappa shape index (κ2) is 9.67. The van der Waals surface area contributed by atoms with E-state index in [4.69, 9.17) is 9.47 Å². The first-order valence-electron chi connectivity index (χ1n) is 8.34. The van der Waals surface area contributed by atoms with Crippen LogP contribution in [0.25, 0.3) is 5.69 Å². The maximum Gasteiger partial charge on any atom is 0.271 e. The monoisotopic (exact) mass is 363 g/mol. The lowest BCUT2D eigenvalue weighted by atomic mass is 10.2. The Morgan fingerprint density at radius 2 is 2.00 bits per heavy atom. The van der Waals surface area contributed by atoms with Crippen LogP contribution < -0.4 is 15.6 Å². The maximum atomic E-state index is 13.1. The number of hydrogen-bond acceptors (Lipinski definition) is 5. The summed E-state index contributed by atoms with van der Waals surface area (Å²) in [4.78, 5) is 24.2. The normalized spacial score (nSPS) is 11.8. The van der Waals surface area contributed by atoms with Crippen LogP contribution in [0.5, 0.6) is 5.88 Å². The molecule has 1 N–H and O–H groups in total. The fraction of sp³-hybridized carbons (Fsp3) is 0.389. The van der Waals surface area contributed by atoms with Crippen LogP contribution in [0.2, 0.25) is 0 Å². The van der Waals surface area contributed by atoms with Crippen molar-refractivity contribution >= 4 is 5.91 Å². The van der Waals surface area contributed by atoms with Crippen LogP contribution in [-0.2, 0) is 9.53 Å². The zero-order valence-corrected chi connectivity index (χ0v) is 14.8. The Kier molecular flexibility index (Phi) is 7.28. The van der Waals surface area contributed by atoms with E-state index in [2.05, 4.69) is 10.4 Å². The second-order valence-corrected chi connectivity index (χ2v) is 5.55. The Hall–Kier alpha value is -2.74. The van der Waals surface area contributed by atoms with E-state index in [1.165, 1.54) is 36.4 Å². The fourth-order valence-electron chi connectivity index (χ4n) is 2.23. The zero-order valence-electron chi connectivity index (χ0n) is 14.8. The number of hydrogen-bond donors (Lipinski definition) is 1. The number of nitrogens with one attached hydrogen (secondary N) is 1. The van der Waals surface area contributed by atoms with Gasteiger partial charge in [0, 0.05) is 32.4 Å². The largest absolute Gasteiger partial charge is 0.463 e. The highest BCUT2D eigenvalue weighted by Gasteiger charge is 2.19. The predicted molar refractivity (Wildman–Crippen MR) is 94.0 cm³/mol. The molecule has 0 aliphatic carbocycles. The lowest BCUT2D eigenvalue weighted by Gasteiger charge is -2.17. The van der Waals surface area contributed by atoms with E-state index in [-0.39, 0.29) is 17.3 Å². The minimum absolute atomic E-state index is 0.132. The summed E-state index contributed by atoms with van der Waals surface area (Å²) in [5, 5.41) is 6.88. The fourth-order valence-corrected chi connectivity index (χ4v) is 2.23. The van der Waals surface area contributed by atoms with Crippen LogP contribution in [0.1, 0.15) is 19.8 Å². The second-order valence-electron chi connectivity index (χ2n) is 5.55. The third-order valence-corrected chi connectivity index (χ3v) is 3.60. The average molecular weight is 363 g/mol. The molecule has 1 aromatic heterocycles. The number of aromatic nitrogens is 2. The molecule has 0 saturated heterocycles. The van der Waals surface area contributed by atoms with Gasteiger partial charge in [-0.15, -0.1) is 5.10 Å². The van der Waals surface area contributed by atoms with E-state index in [9.17, 15) is 14.0 Å². The molecule has 1 amide bonds. The summed E-state index contributed by atoms with van der Waals surface area (Å²) in [5.74, 6) is -0.539. The number of amides is 1. The Morgan fingerprint density at radius 1 is 1.27 bits per heavy atom. The van der Waals surface area contributed by atoms with Gasteiger partial charge in [-0.2, -0.15) is 4.68 Å². The van der Waals surface area contributed by atoms with Crippen molar-refractivity contribution in [1.82, 2.24) is 15.1 Å². The minimum atomic E-state index is -0.732. The van der Waals surface area contributed by atoms with Gasteiger partial charge in [0.25, 0.3) is 11.5 Å². The Balaban J connectivity index is 2.10. The summed E-state index contributed by atoms with van der Waals surface area (Å²) in [6.45, 7) is 2.85. The number of carbonyl (C=O) groups is 1. The van der Waals surface area contributed by atoms with Crippen molar-refractivity contribution in [3.63, 3.8) is 0 Å². The highest BCUT2D eigenvalue weighted by Crippen LogP contribution is 2.11. The molecule has 8 heteroatoms. The van der Waals surface area contributed by atoms with Gasteiger partial charge in [0.15, 0.2) is 6.10 Å². The molecular formula is C18H22FN3O4. The van der Waals surface area contributed by atoms with Gasteiger partial charge in [-0.1, -0.05) is 6.92 Å². The first-order chi connectivity index (χ1) is 12.5. The number of halogens is 1. The molecule has 2 aromatic rings. The third kappa shape index (κ3) is 5.38. The average Bonchev–Trinajstić information content (AvgIpc) is 2.65. The Labute approximate surface area is 150 Å². The van der Waals surface area contributed by atoms with E-state index < -0.39 is 11.9 Å². The van der Waals surface area contributed by atoms with Crippen molar-refractivity contribution in [2.24, 2.45) is 0 Å². The number of ether oxygens (including phenoxy) is 2. The molecule has 0 bridgehead atoms. The molecule has 26 heavy (non-hydrogen) atoms. The van der Waals surface area contributed by atoms with Crippen molar-refractivity contribution in [2.45, 2.75) is 25.9 Å². The molecule has 0 saturated carbocycles. The van der Waals surface area contributed by atoms with Crippen LogP contribution >= 0.6 is 0 Å². The molecule has 0 fully saturated rings. The molecule has 1 heterocycles. The van der Waals surface area contributed by atoms with Gasteiger partial charge in [-0.25, -0.2) is 4.39 Å². The number of methoxy groups -OCH3 is 1. The molecule has 1 atom stereocenters. The molecule has 0 radical (unpaired) electrons. The van der Waals surface area contributed by atoms with Crippen LogP contribution in [0.3, 0.4) is 0 Å². The van der Waals surface area contributed by atoms with Crippen LogP contribution in [0.4, 0.5) is 4.39 Å². The summed E-state index contributed by atoms with van der Waals surface area (Å²) >= 11 is 0. The Morgan fingerprint density at radius 3 is 2.65 bits per heavy atom. The van der Waals surface area contributed by atoms with Crippen LogP contribution in [0.15, 0.2) is 41.2 Å². The van der Waals surface area contributed by atoms with Gasteiger partial charge >= 0.3 is 0 Å². The molecule has 1 unspecified atom stereocenters. The van der Waals surface area contributed by atoms with Gasteiger partial charge in [0.05, 0.1) is 5.69 Å². The summed E-state index contributed by atoms with van der Waals surface area (Å²) in [7, 11) is 1.60. The molecule has 7 nitrogen and oxygen atoms in total. The van der Waals surface area contributed by atoms with Gasteiger partial charge < -0.3 is 14.8 Å². The molecule has 0 aliphatic heterocycles. The predicted octanol–water partition coefficient (Wildman–Crippen LogP) is 1.68. The third-order valence-electron chi connectivity index (χ3n) is 3.60. The molecule has 0 aliphatic rings. The summed E-state index contributed by atoms with van der Waals surface area (Å²) in [6, 6.07) is 8.04. The topological polar surface area (TPSA) is 82.5 Å². The van der Waals surface area contributed by atoms with Gasteiger partial charge in [0.1, 0.15) is 5.82 Å². The van der Waals surface area contributed by atoms with Crippen LogP contribution in [0, 0.1) is 5.82 Å². The summed E-state index contributed by atoms with van der Waals surface area (Å²) in [5.41, 5.74) is 0.0138. The van der Waals surface area contributed by atoms with Crippen molar-refractivity contribution in [1.29, 1.82) is 0 Å². The number of rotatable bonds is 9. The molecular weight excluding hydrogens is 341 g/mol. The van der Waals surface area contributed by atoms with Gasteiger partial charge in [-0.05, 0) is 37.1 Å². The number of carbonyl (C=O) groups excluding carboxylic acids is 1. The number of benzene rings is 1. The van der Waals surface area contributed by atoms with Gasteiger partial charge in [-0.3, -0.25) is 9.59 Å². The SMILES string of the molecule is CCC(Oc1ccc(=O)n(-c2ccc(F)cc2)n1)C(=O)NCCCOC. The first kappa shape index (κ1) is 19.6. The van der Waals surface area contributed by atoms with E-state index in [0.29, 0.717) is 31.7 Å². The standard InChI is InChI=1S/C18H22FN3O4/c1-3-15(18(24)20-11-4-12-25-2)26-16-9-10-17(23)22(21-16)14-7-5-13(19)6-8-14/h5-10,15H,3-4,11-12H2,1-2H3,(H,20,24). The van der Waals surface area contributed by atoms with Crippen molar-refractivity contribution in [3.05, 3.63) is 52.6 Å². The van der Waals surface area contributed by atoms with E-state index in [0.717, 1.165) is 4.68 Å². The highest BCUT2D eigenvalue weighted by atomic mass is 19.1. The molecule has 1 aromatic carbocycles. The highest BCUT2D eigenvalue weighted by molar-refractivity contribution is 5.80. The maximum absolute atomic E-state index is 13.1. The van der Waals surface area contributed by atoms with Crippen molar-refractivity contribution < 1.29 is 18.7 Å². The Bertz CT molecular complexity index is 777. The smallest absolute Gasteiger partial charge is 0.271 e. The quantitative estimate of drug-likeness (QED) is 0.686. The van der Waals surface area contributed by atoms with Crippen LogP contribution in [-0.4, -0.2) is 42.1 Å². The van der Waals surface area contributed by atoms with Crippen molar-refractivity contribution in [3.8, 4) is 11.6 Å². The first-order valence-corrected chi connectivity index (χ1v) is 8.34. The minimum Gasteiger partial charge on any atom is -0.463 e. The number of nitrogens with zero attached hydrogens (tertiary/aromatic N) is 2.